The molecule has 2 aromatic rings. The molecule has 9 nitrogen and oxygen atoms in total. The van der Waals surface area contributed by atoms with Gasteiger partial charge in [0.1, 0.15) is 0 Å². The molecule has 1 N–H and O–H groups in total. The molecule has 0 spiro atoms. The minimum absolute atomic E-state index is 0.0322. The van der Waals surface area contributed by atoms with Gasteiger partial charge in [0.25, 0.3) is 0 Å². The molecule has 0 bridgehead atoms. The fraction of sp³-hybridized carbons (Fsp3) is 0.529. The van der Waals surface area contributed by atoms with Crippen molar-refractivity contribution in [2.75, 3.05) is 48.1 Å². The monoisotopic (exact) mass is 592 g/mol. The van der Waals surface area contributed by atoms with Crippen LogP contribution < -0.4 is 18.9 Å². The fourth-order valence-electron chi connectivity index (χ4n) is 7.42. The Morgan fingerprint density at radius 1 is 0.860 bits per heavy atom. The first-order valence-electron chi connectivity index (χ1n) is 15.2. The van der Waals surface area contributed by atoms with E-state index in [-0.39, 0.29) is 23.6 Å². The first-order chi connectivity index (χ1) is 20.7. The van der Waals surface area contributed by atoms with Crippen molar-refractivity contribution in [3.8, 4) is 23.0 Å². The van der Waals surface area contributed by atoms with Crippen molar-refractivity contribution in [3.05, 3.63) is 58.2 Å². The van der Waals surface area contributed by atoms with E-state index >= 15 is 0 Å². The number of carbonyl (C=O) groups excluding carboxylic acids is 1. The molecule has 2 aromatic carbocycles. The summed E-state index contributed by atoms with van der Waals surface area (Å²) in [4.78, 5) is 29.7. The number of nitrogens with zero attached hydrogens (tertiary/aromatic N) is 2. The van der Waals surface area contributed by atoms with Crippen molar-refractivity contribution >= 4 is 11.9 Å². The first kappa shape index (κ1) is 30.7. The van der Waals surface area contributed by atoms with Crippen molar-refractivity contribution < 1.29 is 33.6 Å². The molecule has 43 heavy (non-hydrogen) atoms. The summed E-state index contributed by atoms with van der Waals surface area (Å²) in [5.74, 6) is 2.26. The summed E-state index contributed by atoms with van der Waals surface area (Å²) in [6.07, 6.45) is 5.68. The largest absolute Gasteiger partial charge is 0.493 e. The van der Waals surface area contributed by atoms with Crippen molar-refractivity contribution in [2.24, 2.45) is 11.8 Å². The molecule has 1 fully saturated rings. The summed E-state index contributed by atoms with van der Waals surface area (Å²) in [5.41, 5.74) is 4.82. The maximum absolute atomic E-state index is 13.6. The molecule has 0 aromatic heterocycles. The highest BCUT2D eigenvalue weighted by Crippen LogP contribution is 2.49. The highest BCUT2D eigenvalue weighted by atomic mass is 16.5. The Kier molecular flexibility index (Phi) is 9.20. The molecule has 0 aliphatic carbocycles. The Labute approximate surface area is 254 Å². The zero-order valence-corrected chi connectivity index (χ0v) is 26.1. The van der Waals surface area contributed by atoms with E-state index in [2.05, 4.69) is 24.0 Å². The zero-order valence-electron chi connectivity index (χ0n) is 26.1. The Hall–Kier alpha value is -3.72. The summed E-state index contributed by atoms with van der Waals surface area (Å²) in [6, 6.07) is 8.35. The lowest BCUT2D eigenvalue weighted by atomic mass is 9.72. The SMILES string of the molecule is CCC1CN2CCc3cc(OC)c(OC)cc3C2CC1C[C@H]1c2cc(OC)c(OC)cc2CCN1C(=O)/C=C(\C)C(=O)O. The maximum Gasteiger partial charge on any atom is 0.331 e. The van der Waals surface area contributed by atoms with Crippen LogP contribution in [0.3, 0.4) is 0 Å². The minimum Gasteiger partial charge on any atom is -0.493 e. The second kappa shape index (κ2) is 12.9. The predicted molar refractivity (Wildman–Crippen MR) is 163 cm³/mol. The Morgan fingerprint density at radius 2 is 1.42 bits per heavy atom. The summed E-state index contributed by atoms with van der Waals surface area (Å²) >= 11 is 0. The number of fused-ring (bicyclic) bond motifs is 4. The summed E-state index contributed by atoms with van der Waals surface area (Å²) in [7, 11) is 6.61. The number of rotatable bonds is 9. The quantitative estimate of drug-likeness (QED) is 0.396. The van der Waals surface area contributed by atoms with Gasteiger partial charge in [0.15, 0.2) is 23.0 Å². The highest BCUT2D eigenvalue weighted by Gasteiger charge is 2.42. The van der Waals surface area contributed by atoms with Crippen molar-refractivity contribution in [3.63, 3.8) is 0 Å². The van der Waals surface area contributed by atoms with E-state index in [9.17, 15) is 14.7 Å². The summed E-state index contributed by atoms with van der Waals surface area (Å²) in [5, 5.41) is 9.48. The highest BCUT2D eigenvalue weighted by molar-refractivity contribution is 5.97. The topological polar surface area (TPSA) is 97.8 Å². The predicted octanol–water partition coefficient (Wildman–Crippen LogP) is 5.21. The van der Waals surface area contributed by atoms with E-state index in [1.807, 2.05) is 17.0 Å². The average molecular weight is 593 g/mol. The number of piperidine rings is 1. The molecule has 3 unspecified atom stereocenters. The lowest BCUT2D eigenvalue weighted by Gasteiger charge is -2.49. The van der Waals surface area contributed by atoms with Crippen LogP contribution in [-0.4, -0.2) is 74.9 Å². The number of carboxylic acids is 1. The van der Waals surface area contributed by atoms with E-state index in [1.165, 1.54) is 24.1 Å². The number of hydrogen-bond acceptors (Lipinski definition) is 7. The van der Waals surface area contributed by atoms with Gasteiger partial charge in [-0.1, -0.05) is 13.3 Å². The lowest BCUT2D eigenvalue weighted by molar-refractivity contribution is -0.134. The number of aliphatic carboxylic acids is 1. The van der Waals surface area contributed by atoms with E-state index in [4.69, 9.17) is 18.9 Å². The standard InChI is InChI=1S/C34H44N2O7/c1-7-21-19-35-10-8-22-15-29(40-3)31(42-5)17-25(22)27(35)13-24(21)14-28-26-18-32(43-6)30(41-4)16-23(26)9-11-36(28)33(37)12-20(2)34(38)39/h12,15-18,21,24,27-28H,7-11,13-14,19H2,1-6H3,(H,38,39)/b20-12+/t21?,24?,27?,28-/m0/s1. The van der Waals surface area contributed by atoms with Gasteiger partial charge in [-0.2, -0.15) is 0 Å². The Morgan fingerprint density at radius 3 is 2.00 bits per heavy atom. The van der Waals surface area contributed by atoms with Crippen LogP contribution in [0.15, 0.2) is 35.9 Å². The number of ether oxygens (including phenoxy) is 4. The van der Waals surface area contributed by atoms with Crippen LogP contribution >= 0.6 is 0 Å². The Bertz CT molecular complexity index is 1400. The van der Waals surface area contributed by atoms with Crippen LogP contribution in [0.4, 0.5) is 0 Å². The van der Waals surface area contributed by atoms with E-state index in [0.717, 1.165) is 61.4 Å². The van der Waals surface area contributed by atoms with Gasteiger partial charge >= 0.3 is 5.97 Å². The fourth-order valence-corrected chi connectivity index (χ4v) is 7.42. The normalized spacial score (nSPS) is 23.5. The van der Waals surface area contributed by atoms with Gasteiger partial charge in [-0.15, -0.1) is 0 Å². The minimum atomic E-state index is -1.09. The first-order valence-corrected chi connectivity index (χ1v) is 15.2. The summed E-state index contributed by atoms with van der Waals surface area (Å²) in [6.45, 7) is 6.23. The number of carbonyl (C=O) groups is 2. The number of carboxylic acid groups (broad SMARTS) is 1. The number of methoxy groups -OCH3 is 4. The molecule has 3 heterocycles. The maximum atomic E-state index is 13.6. The molecule has 3 aliphatic rings. The van der Waals surface area contributed by atoms with Crippen LogP contribution in [0.25, 0.3) is 0 Å². The number of benzene rings is 2. The Balaban J connectivity index is 1.53. The van der Waals surface area contributed by atoms with Crippen LogP contribution in [0.2, 0.25) is 0 Å². The molecule has 0 saturated carbocycles. The van der Waals surface area contributed by atoms with E-state index in [1.54, 1.807) is 28.4 Å². The molecule has 5 rings (SSSR count). The molecule has 232 valence electrons. The summed E-state index contributed by atoms with van der Waals surface area (Å²) < 4.78 is 22.6. The molecule has 3 aliphatic heterocycles. The third-order valence-electron chi connectivity index (χ3n) is 9.79. The van der Waals surface area contributed by atoms with Gasteiger partial charge in [0.2, 0.25) is 5.91 Å². The molecule has 1 amide bonds. The number of hydrogen-bond donors (Lipinski definition) is 1. The van der Waals surface area contributed by atoms with Gasteiger partial charge in [0, 0.05) is 37.3 Å². The zero-order chi connectivity index (χ0) is 30.8. The average Bonchev–Trinajstić information content (AvgIpc) is 3.02. The second-order valence-electron chi connectivity index (χ2n) is 11.9. The van der Waals surface area contributed by atoms with Crippen LogP contribution in [0, 0.1) is 11.8 Å². The third kappa shape index (κ3) is 5.92. The number of amides is 1. The van der Waals surface area contributed by atoms with Crippen LogP contribution in [0.1, 0.15) is 67.4 Å². The molecule has 1 saturated heterocycles. The van der Waals surface area contributed by atoms with Gasteiger partial charge < -0.3 is 29.0 Å². The van der Waals surface area contributed by atoms with Gasteiger partial charge in [-0.25, -0.2) is 4.79 Å². The molecule has 4 atom stereocenters. The third-order valence-corrected chi connectivity index (χ3v) is 9.79. The second-order valence-corrected chi connectivity index (χ2v) is 11.9. The molecular formula is C34H44N2O7. The molecule has 9 heteroatoms. The van der Waals surface area contributed by atoms with Crippen LogP contribution in [0.5, 0.6) is 23.0 Å². The lowest BCUT2D eigenvalue weighted by Crippen LogP contribution is -2.47. The van der Waals surface area contributed by atoms with Crippen molar-refractivity contribution in [2.45, 2.75) is 58.0 Å². The van der Waals surface area contributed by atoms with Crippen molar-refractivity contribution in [1.82, 2.24) is 9.80 Å². The van der Waals surface area contributed by atoms with Gasteiger partial charge in [0.05, 0.1) is 34.5 Å². The van der Waals surface area contributed by atoms with E-state index in [0.29, 0.717) is 36.3 Å². The van der Waals surface area contributed by atoms with Crippen LogP contribution in [-0.2, 0) is 22.4 Å². The van der Waals surface area contributed by atoms with Gasteiger partial charge in [-0.05, 0) is 91.0 Å². The van der Waals surface area contributed by atoms with Gasteiger partial charge in [-0.3, -0.25) is 9.69 Å². The van der Waals surface area contributed by atoms with E-state index < -0.39 is 5.97 Å². The van der Waals surface area contributed by atoms with Crippen molar-refractivity contribution in [1.29, 1.82) is 0 Å². The molecule has 0 radical (unpaired) electrons. The molecular weight excluding hydrogens is 548 g/mol. The smallest absolute Gasteiger partial charge is 0.331 e.